The van der Waals surface area contributed by atoms with E-state index in [0.29, 0.717) is 0 Å². The summed E-state index contributed by atoms with van der Waals surface area (Å²) in [5, 5.41) is 3.44. The van der Waals surface area contributed by atoms with Crippen LogP contribution in [0.2, 0.25) is 0 Å². The maximum atomic E-state index is 3.44. The molecule has 0 fully saturated rings. The van der Waals surface area contributed by atoms with Gasteiger partial charge in [0.25, 0.3) is 0 Å². The van der Waals surface area contributed by atoms with Gasteiger partial charge in [0.2, 0.25) is 0 Å². The summed E-state index contributed by atoms with van der Waals surface area (Å²) in [7, 11) is 0. The van der Waals surface area contributed by atoms with Crippen molar-refractivity contribution in [3.05, 3.63) is 23.9 Å². The highest BCUT2D eigenvalue weighted by Gasteiger charge is 2.23. The van der Waals surface area contributed by atoms with Gasteiger partial charge in [0.05, 0.1) is 5.54 Å². The van der Waals surface area contributed by atoms with Crippen molar-refractivity contribution in [1.82, 2.24) is 5.32 Å². The quantitative estimate of drug-likeness (QED) is 0.678. The number of dihydropyridines is 1. The third kappa shape index (κ3) is 1.71. The van der Waals surface area contributed by atoms with E-state index >= 15 is 0 Å². The van der Waals surface area contributed by atoms with Gasteiger partial charge in [0, 0.05) is 0 Å². The van der Waals surface area contributed by atoms with Gasteiger partial charge >= 0.3 is 0 Å². The first-order valence-corrected chi connectivity index (χ1v) is 4.92. The highest BCUT2D eigenvalue weighted by molar-refractivity contribution is 5.28. The van der Waals surface area contributed by atoms with Crippen LogP contribution in [0.5, 0.6) is 0 Å². The molecular formula is C11H19N. The van der Waals surface area contributed by atoms with Gasteiger partial charge in [-0.15, -0.1) is 0 Å². The normalized spacial score (nSPS) is 20.1. The van der Waals surface area contributed by atoms with Gasteiger partial charge in [-0.3, -0.25) is 0 Å². The molecule has 0 atom stereocenters. The van der Waals surface area contributed by atoms with Crippen LogP contribution in [0.1, 0.15) is 40.0 Å². The Morgan fingerprint density at radius 3 is 2.42 bits per heavy atom. The molecule has 0 radical (unpaired) electrons. The maximum absolute atomic E-state index is 3.44. The first-order valence-electron chi connectivity index (χ1n) is 4.92. The Bertz CT molecular complexity index is 197. The Hall–Kier alpha value is -0.720. The third-order valence-electron chi connectivity index (χ3n) is 2.80. The molecule has 0 saturated carbocycles. The van der Waals surface area contributed by atoms with Crippen molar-refractivity contribution in [3.8, 4) is 0 Å². The zero-order valence-corrected chi connectivity index (χ0v) is 8.35. The fourth-order valence-corrected chi connectivity index (χ4v) is 1.64. The highest BCUT2D eigenvalue weighted by Crippen LogP contribution is 2.23. The van der Waals surface area contributed by atoms with Crippen LogP contribution < -0.4 is 5.32 Å². The zero-order valence-electron chi connectivity index (χ0n) is 8.35. The van der Waals surface area contributed by atoms with E-state index in [1.54, 1.807) is 0 Å². The maximum Gasteiger partial charge on any atom is 0.0551 e. The van der Waals surface area contributed by atoms with Crippen molar-refractivity contribution in [1.29, 1.82) is 0 Å². The summed E-state index contributed by atoms with van der Waals surface area (Å²) in [6.07, 6.45) is 10.1. The zero-order chi connectivity index (χ0) is 9.03. The van der Waals surface area contributed by atoms with Crippen LogP contribution in [0, 0.1) is 0 Å². The molecule has 1 aliphatic heterocycles. The minimum Gasteiger partial charge on any atom is -0.382 e. The van der Waals surface area contributed by atoms with Gasteiger partial charge < -0.3 is 5.32 Å². The van der Waals surface area contributed by atoms with Crippen molar-refractivity contribution in [3.63, 3.8) is 0 Å². The summed E-state index contributed by atoms with van der Waals surface area (Å²) in [6, 6.07) is 0. The van der Waals surface area contributed by atoms with Crippen LogP contribution in [0.4, 0.5) is 0 Å². The van der Waals surface area contributed by atoms with Gasteiger partial charge in [-0.05, 0) is 37.1 Å². The van der Waals surface area contributed by atoms with Crippen molar-refractivity contribution in [2.24, 2.45) is 0 Å². The molecule has 0 aliphatic carbocycles. The lowest BCUT2D eigenvalue weighted by atomic mass is 9.88. The molecule has 0 aromatic carbocycles. The van der Waals surface area contributed by atoms with Crippen molar-refractivity contribution in [2.45, 2.75) is 45.6 Å². The molecule has 0 saturated heterocycles. The van der Waals surface area contributed by atoms with Crippen LogP contribution in [-0.4, -0.2) is 5.54 Å². The van der Waals surface area contributed by atoms with Crippen LogP contribution in [0.25, 0.3) is 0 Å². The molecule has 1 N–H and O–H groups in total. The first-order chi connectivity index (χ1) is 5.76. The van der Waals surface area contributed by atoms with Crippen LogP contribution in [-0.2, 0) is 0 Å². The summed E-state index contributed by atoms with van der Waals surface area (Å²) in [6.45, 7) is 6.68. The molecule has 0 amide bonds. The summed E-state index contributed by atoms with van der Waals surface area (Å²) in [5.74, 6) is 0. The van der Waals surface area contributed by atoms with Crippen molar-refractivity contribution < 1.29 is 0 Å². The highest BCUT2D eigenvalue weighted by atomic mass is 14.9. The number of rotatable bonds is 3. The second-order valence-electron chi connectivity index (χ2n) is 3.41. The molecule has 1 rings (SSSR count). The molecule has 0 spiro atoms. The fourth-order valence-electron chi connectivity index (χ4n) is 1.64. The van der Waals surface area contributed by atoms with E-state index in [1.165, 1.54) is 5.57 Å². The van der Waals surface area contributed by atoms with Crippen molar-refractivity contribution >= 4 is 0 Å². The Balaban J connectivity index is 2.80. The monoisotopic (exact) mass is 165 g/mol. The summed E-state index contributed by atoms with van der Waals surface area (Å²) in [4.78, 5) is 0. The average molecular weight is 165 g/mol. The molecule has 0 unspecified atom stereocenters. The molecule has 1 nitrogen and oxygen atoms in total. The Morgan fingerprint density at radius 1 is 1.25 bits per heavy atom. The molecule has 68 valence electrons. The van der Waals surface area contributed by atoms with Crippen LogP contribution >= 0.6 is 0 Å². The number of nitrogens with one attached hydrogen (secondary N) is 1. The van der Waals surface area contributed by atoms with E-state index in [2.05, 4.69) is 44.4 Å². The standard InChI is InChI=1S/C11H19N/c1-4-10-7-8-12-11(5-2,6-3)9-10/h7-9,12H,4-6H2,1-3H3. The van der Waals surface area contributed by atoms with Crippen molar-refractivity contribution in [2.75, 3.05) is 0 Å². The Morgan fingerprint density at radius 2 is 1.92 bits per heavy atom. The second-order valence-corrected chi connectivity index (χ2v) is 3.41. The molecular weight excluding hydrogens is 146 g/mol. The minimum atomic E-state index is 0.236. The second kappa shape index (κ2) is 3.79. The smallest absolute Gasteiger partial charge is 0.0551 e. The Labute approximate surface area is 75.6 Å². The topological polar surface area (TPSA) is 12.0 Å². The SMILES string of the molecule is CCC1=CC(CC)(CC)NC=C1. The molecule has 1 heterocycles. The average Bonchev–Trinajstić information content (AvgIpc) is 2.18. The van der Waals surface area contributed by atoms with Gasteiger partial charge in [0.15, 0.2) is 0 Å². The van der Waals surface area contributed by atoms with Crippen LogP contribution in [0.3, 0.4) is 0 Å². The first kappa shape index (κ1) is 9.37. The van der Waals surface area contributed by atoms with E-state index in [9.17, 15) is 0 Å². The lowest BCUT2D eigenvalue weighted by molar-refractivity contribution is 0.418. The summed E-state index contributed by atoms with van der Waals surface area (Å²) < 4.78 is 0. The molecule has 0 bridgehead atoms. The van der Waals surface area contributed by atoms with Gasteiger partial charge in [-0.2, -0.15) is 0 Å². The van der Waals surface area contributed by atoms with Crippen LogP contribution in [0.15, 0.2) is 23.9 Å². The lowest BCUT2D eigenvalue weighted by Gasteiger charge is -2.32. The predicted octanol–water partition coefficient (Wildman–Crippen LogP) is 3.00. The third-order valence-corrected chi connectivity index (χ3v) is 2.80. The number of hydrogen-bond donors (Lipinski definition) is 1. The van der Waals surface area contributed by atoms with E-state index < -0.39 is 0 Å². The molecule has 1 aliphatic rings. The van der Waals surface area contributed by atoms with E-state index in [0.717, 1.165) is 19.3 Å². The number of allylic oxidation sites excluding steroid dienone is 2. The number of hydrogen-bond acceptors (Lipinski definition) is 1. The molecule has 1 heteroatoms. The van der Waals surface area contributed by atoms with E-state index in [-0.39, 0.29) is 5.54 Å². The van der Waals surface area contributed by atoms with Gasteiger partial charge in [0.1, 0.15) is 0 Å². The van der Waals surface area contributed by atoms with E-state index in [4.69, 9.17) is 0 Å². The lowest BCUT2D eigenvalue weighted by Crippen LogP contribution is -2.40. The Kier molecular flexibility index (Phi) is 2.96. The molecule has 12 heavy (non-hydrogen) atoms. The van der Waals surface area contributed by atoms with E-state index in [1.807, 2.05) is 0 Å². The van der Waals surface area contributed by atoms with Gasteiger partial charge in [-0.1, -0.05) is 26.8 Å². The molecule has 0 aromatic rings. The summed E-state index contributed by atoms with van der Waals surface area (Å²) >= 11 is 0. The summed E-state index contributed by atoms with van der Waals surface area (Å²) in [5.41, 5.74) is 1.69. The van der Waals surface area contributed by atoms with Gasteiger partial charge in [-0.25, -0.2) is 0 Å². The largest absolute Gasteiger partial charge is 0.382 e. The predicted molar refractivity (Wildman–Crippen MR) is 54.0 cm³/mol. The minimum absolute atomic E-state index is 0.236. The fraction of sp³-hybridized carbons (Fsp3) is 0.636. The molecule has 0 aromatic heterocycles.